The normalized spacial score (nSPS) is 38.1. The van der Waals surface area contributed by atoms with Gasteiger partial charge in [-0.25, -0.2) is 0 Å². The van der Waals surface area contributed by atoms with Crippen molar-refractivity contribution in [3.63, 3.8) is 0 Å². The molecule has 2 saturated heterocycles. The van der Waals surface area contributed by atoms with E-state index in [2.05, 4.69) is 26.1 Å². The Hall–Kier alpha value is -1.06. The van der Waals surface area contributed by atoms with E-state index >= 15 is 0 Å². The van der Waals surface area contributed by atoms with E-state index in [1.807, 2.05) is 4.90 Å². The van der Waals surface area contributed by atoms with Gasteiger partial charge in [0.15, 0.2) is 0 Å². The number of nitrogens with one attached hydrogen (secondary N) is 1. The Kier molecular flexibility index (Phi) is 3.40. The largest absolute Gasteiger partial charge is 0.355 e. The van der Waals surface area contributed by atoms with Crippen molar-refractivity contribution in [2.75, 3.05) is 13.1 Å². The summed E-state index contributed by atoms with van der Waals surface area (Å²) < 4.78 is 0. The van der Waals surface area contributed by atoms with Gasteiger partial charge in [-0.1, -0.05) is 13.8 Å². The monoisotopic (exact) mass is 238 g/mol. The second-order valence-corrected chi connectivity index (χ2v) is 5.61. The standard InChI is InChI=1S/C13H22N2O2/c1-8-7-15(10(3)9(8)2)13(17)11-4-5-12(16)14-6-11/h8-11H,4-7H2,1-3H3,(H,14,16). The molecule has 1 N–H and O–H groups in total. The lowest BCUT2D eigenvalue weighted by molar-refractivity contribution is -0.138. The average Bonchev–Trinajstić information content (AvgIpc) is 2.57. The molecule has 0 radical (unpaired) electrons. The number of amides is 2. The van der Waals surface area contributed by atoms with Crippen molar-refractivity contribution in [1.82, 2.24) is 10.2 Å². The van der Waals surface area contributed by atoms with Gasteiger partial charge in [0.1, 0.15) is 0 Å². The fourth-order valence-electron chi connectivity index (χ4n) is 2.87. The second-order valence-electron chi connectivity index (χ2n) is 5.61. The molecule has 2 fully saturated rings. The zero-order valence-electron chi connectivity index (χ0n) is 10.9. The van der Waals surface area contributed by atoms with Crippen LogP contribution in [0.4, 0.5) is 0 Å². The predicted octanol–water partition coefficient (Wildman–Crippen LogP) is 1.02. The summed E-state index contributed by atoms with van der Waals surface area (Å²) in [6.45, 7) is 7.94. The summed E-state index contributed by atoms with van der Waals surface area (Å²) in [5, 5.41) is 2.79. The molecule has 96 valence electrons. The van der Waals surface area contributed by atoms with E-state index in [-0.39, 0.29) is 17.7 Å². The Morgan fingerprint density at radius 2 is 2.06 bits per heavy atom. The number of rotatable bonds is 1. The van der Waals surface area contributed by atoms with Gasteiger partial charge in [0.05, 0.1) is 5.92 Å². The highest BCUT2D eigenvalue weighted by Crippen LogP contribution is 2.30. The van der Waals surface area contributed by atoms with Gasteiger partial charge in [-0.15, -0.1) is 0 Å². The fraction of sp³-hybridized carbons (Fsp3) is 0.846. The first-order chi connectivity index (χ1) is 8.00. The van der Waals surface area contributed by atoms with Gasteiger partial charge < -0.3 is 10.2 Å². The van der Waals surface area contributed by atoms with Crippen LogP contribution in [-0.4, -0.2) is 35.8 Å². The summed E-state index contributed by atoms with van der Waals surface area (Å²) in [7, 11) is 0. The number of hydrogen-bond donors (Lipinski definition) is 1. The molecule has 2 aliphatic heterocycles. The van der Waals surface area contributed by atoms with E-state index in [1.54, 1.807) is 0 Å². The number of piperidine rings is 1. The zero-order valence-corrected chi connectivity index (χ0v) is 10.9. The van der Waals surface area contributed by atoms with Crippen LogP contribution in [0.1, 0.15) is 33.6 Å². The number of carbonyl (C=O) groups excluding carboxylic acids is 2. The first-order valence-electron chi connectivity index (χ1n) is 6.58. The molecule has 4 nitrogen and oxygen atoms in total. The van der Waals surface area contributed by atoms with Crippen LogP contribution in [-0.2, 0) is 9.59 Å². The molecule has 4 unspecified atom stereocenters. The van der Waals surface area contributed by atoms with Gasteiger partial charge in [-0.2, -0.15) is 0 Å². The maximum atomic E-state index is 12.4. The van der Waals surface area contributed by atoms with Crippen molar-refractivity contribution in [3.8, 4) is 0 Å². The van der Waals surface area contributed by atoms with Gasteiger partial charge in [-0.3, -0.25) is 9.59 Å². The molecule has 0 aliphatic carbocycles. The fourth-order valence-corrected chi connectivity index (χ4v) is 2.87. The lowest BCUT2D eigenvalue weighted by Crippen LogP contribution is -2.46. The van der Waals surface area contributed by atoms with Crippen molar-refractivity contribution in [3.05, 3.63) is 0 Å². The zero-order chi connectivity index (χ0) is 12.6. The minimum atomic E-state index is -0.00681. The number of nitrogens with zero attached hydrogens (tertiary/aromatic N) is 1. The third kappa shape index (κ3) is 2.31. The van der Waals surface area contributed by atoms with Gasteiger partial charge in [-0.05, 0) is 25.2 Å². The van der Waals surface area contributed by atoms with Crippen molar-refractivity contribution >= 4 is 11.8 Å². The van der Waals surface area contributed by atoms with Gasteiger partial charge in [0, 0.05) is 25.6 Å². The molecule has 0 spiro atoms. The van der Waals surface area contributed by atoms with Crippen LogP contribution in [0.2, 0.25) is 0 Å². The highest BCUT2D eigenvalue weighted by molar-refractivity contribution is 5.84. The Balaban J connectivity index is 1.98. The van der Waals surface area contributed by atoms with Crippen molar-refractivity contribution < 1.29 is 9.59 Å². The maximum absolute atomic E-state index is 12.4. The molecule has 0 saturated carbocycles. The lowest BCUT2D eigenvalue weighted by Gasteiger charge is -2.30. The van der Waals surface area contributed by atoms with E-state index in [0.717, 1.165) is 6.54 Å². The number of hydrogen-bond acceptors (Lipinski definition) is 2. The Morgan fingerprint density at radius 1 is 1.35 bits per heavy atom. The summed E-state index contributed by atoms with van der Waals surface area (Å²) in [5.74, 6) is 1.44. The summed E-state index contributed by atoms with van der Waals surface area (Å²) in [4.78, 5) is 25.5. The Morgan fingerprint density at radius 3 is 2.53 bits per heavy atom. The molecule has 2 rings (SSSR count). The van der Waals surface area contributed by atoms with Crippen LogP contribution in [0.15, 0.2) is 0 Å². The molecular weight excluding hydrogens is 216 g/mol. The molecule has 2 heterocycles. The van der Waals surface area contributed by atoms with E-state index in [1.165, 1.54) is 0 Å². The molecule has 0 aromatic rings. The van der Waals surface area contributed by atoms with E-state index in [0.29, 0.717) is 37.3 Å². The molecule has 4 heteroatoms. The molecule has 17 heavy (non-hydrogen) atoms. The highest BCUT2D eigenvalue weighted by atomic mass is 16.2. The predicted molar refractivity (Wildman–Crippen MR) is 65.2 cm³/mol. The van der Waals surface area contributed by atoms with Gasteiger partial charge in [0.25, 0.3) is 0 Å². The summed E-state index contributed by atoms with van der Waals surface area (Å²) in [6.07, 6.45) is 1.19. The molecule has 0 aromatic heterocycles. The SMILES string of the molecule is CC1CN(C(=O)C2CCC(=O)NC2)C(C)C1C. The van der Waals surface area contributed by atoms with E-state index < -0.39 is 0 Å². The molecule has 4 atom stereocenters. The third-order valence-corrected chi connectivity index (χ3v) is 4.53. The quantitative estimate of drug-likeness (QED) is 0.741. The Labute approximate surface area is 103 Å². The van der Waals surface area contributed by atoms with Crippen LogP contribution in [0.5, 0.6) is 0 Å². The average molecular weight is 238 g/mol. The topological polar surface area (TPSA) is 49.4 Å². The summed E-state index contributed by atoms with van der Waals surface area (Å²) in [6, 6.07) is 0.329. The van der Waals surface area contributed by atoms with Crippen LogP contribution < -0.4 is 5.32 Å². The Bertz CT molecular complexity index is 319. The number of likely N-dealkylation sites (tertiary alicyclic amines) is 1. The minimum absolute atomic E-state index is 0.00681. The summed E-state index contributed by atoms with van der Waals surface area (Å²) in [5.41, 5.74) is 0. The van der Waals surface area contributed by atoms with Crippen molar-refractivity contribution in [2.24, 2.45) is 17.8 Å². The van der Waals surface area contributed by atoms with Crippen molar-refractivity contribution in [1.29, 1.82) is 0 Å². The van der Waals surface area contributed by atoms with E-state index in [4.69, 9.17) is 0 Å². The molecule has 2 amide bonds. The third-order valence-electron chi connectivity index (χ3n) is 4.53. The first kappa shape index (κ1) is 12.4. The number of carbonyl (C=O) groups is 2. The lowest BCUT2D eigenvalue weighted by atomic mass is 9.95. The van der Waals surface area contributed by atoms with Gasteiger partial charge in [0.2, 0.25) is 11.8 Å². The molecule has 0 aromatic carbocycles. The maximum Gasteiger partial charge on any atom is 0.227 e. The van der Waals surface area contributed by atoms with Crippen LogP contribution >= 0.6 is 0 Å². The highest BCUT2D eigenvalue weighted by Gasteiger charge is 2.39. The molecule has 0 bridgehead atoms. The van der Waals surface area contributed by atoms with Crippen molar-refractivity contribution in [2.45, 2.75) is 39.7 Å². The van der Waals surface area contributed by atoms with Gasteiger partial charge >= 0.3 is 0 Å². The minimum Gasteiger partial charge on any atom is -0.355 e. The smallest absolute Gasteiger partial charge is 0.227 e. The van der Waals surface area contributed by atoms with E-state index in [9.17, 15) is 9.59 Å². The van der Waals surface area contributed by atoms with Crippen LogP contribution in [0, 0.1) is 17.8 Å². The molecule has 2 aliphatic rings. The molecular formula is C13H22N2O2. The van der Waals surface area contributed by atoms with Crippen LogP contribution in [0.3, 0.4) is 0 Å². The first-order valence-corrected chi connectivity index (χ1v) is 6.58. The van der Waals surface area contributed by atoms with Crippen LogP contribution in [0.25, 0.3) is 0 Å². The second kappa shape index (κ2) is 4.67. The summed E-state index contributed by atoms with van der Waals surface area (Å²) >= 11 is 0.